The standard InChI is InChI=1S/C26H31N3O4/c1-5-33-24(31)17-7-9-18(10-8-17)27-23(30)21-14-19(12-15(2)3)29-26(21)20-13-16(4)6-11-22(20)28-25(26)32/h6-11,13,15,19,21,29H,5,12,14H2,1-4H3,(H,27,30)(H,28,32)/t19-,21+,26+/m1/s1. The highest BCUT2D eigenvalue weighted by Gasteiger charge is 2.60. The molecule has 3 atom stereocenters. The molecule has 2 aliphatic rings. The van der Waals surface area contributed by atoms with E-state index in [9.17, 15) is 14.4 Å². The van der Waals surface area contributed by atoms with Crippen LogP contribution in [0.3, 0.4) is 0 Å². The largest absolute Gasteiger partial charge is 0.462 e. The fourth-order valence-corrected chi connectivity index (χ4v) is 5.03. The molecule has 1 spiro atoms. The Labute approximate surface area is 194 Å². The second-order valence-electron chi connectivity index (χ2n) is 9.36. The molecule has 0 radical (unpaired) electrons. The Morgan fingerprint density at radius 3 is 2.58 bits per heavy atom. The van der Waals surface area contributed by atoms with Gasteiger partial charge in [-0.2, -0.15) is 0 Å². The van der Waals surface area contributed by atoms with Crippen LogP contribution >= 0.6 is 0 Å². The van der Waals surface area contributed by atoms with Gasteiger partial charge in [-0.15, -0.1) is 0 Å². The minimum Gasteiger partial charge on any atom is -0.462 e. The van der Waals surface area contributed by atoms with Gasteiger partial charge in [-0.05, 0) is 62.9 Å². The Morgan fingerprint density at radius 1 is 1.18 bits per heavy atom. The van der Waals surface area contributed by atoms with Gasteiger partial charge in [0.05, 0.1) is 18.1 Å². The van der Waals surface area contributed by atoms with Crippen molar-refractivity contribution in [2.24, 2.45) is 11.8 Å². The first-order valence-electron chi connectivity index (χ1n) is 11.5. The minimum atomic E-state index is -1.10. The SMILES string of the molecule is CCOC(=O)c1ccc(NC(=O)[C@@H]2C[C@@H](CC(C)C)N[C@]23C(=O)Nc2ccc(C)cc23)cc1. The van der Waals surface area contributed by atoms with E-state index in [4.69, 9.17) is 4.74 Å². The van der Waals surface area contributed by atoms with E-state index in [0.29, 0.717) is 30.2 Å². The van der Waals surface area contributed by atoms with Gasteiger partial charge in [0.2, 0.25) is 11.8 Å². The molecule has 1 fully saturated rings. The summed E-state index contributed by atoms with van der Waals surface area (Å²) in [5.41, 5.74) is 2.50. The van der Waals surface area contributed by atoms with E-state index in [1.165, 1.54) is 0 Å². The number of carbonyl (C=O) groups is 3. The van der Waals surface area contributed by atoms with Crippen LogP contribution in [0.1, 0.15) is 55.1 Å². The van der Waals surface area contributed by atoms with Crippen LogP contribution in [0.4, 0.5) is 11.4 Å². The van der Waals surface area contributed by atoms with E-state index in [2.05, 4.69) is 29.8 Å². The van der Waals surface area contributed by atoms with Crippen molar-refractivity contribution in [3.05, 3.63) is 59.2 Å². The van der Waals surface area contributed by atoms with Crippen molar-refractivity contribution in [2.75, 3.05) is 17.2 Å². The number of hydrogen-bond acceptors (Lipinski definition) is 5. The van der Waals surface area contributed by atoms with E-state index >= 15 is 0 Å². The van der Waals surface area contributed by atoms with Gasteiger partial charge in [-0.25, -0.2) is 4.79 Å². The normalized spacial score (nSPS) is 23.5. The zero-order valence-electron chi connectivity index (χ0n) is 19.5. The predicted octanol–water partition coefficient (Wildman–Crippen LogP) is 3.98. The monoisotopic (exact) mass is 449 g/mol. The minimum absolute atomic E-state index is 0.0455. The van der Waals surface area contributed by atoms with Gasteiger partial charge in [-0.3, -0.25) is 14.9 Å². The Bertz CT molecular complexity index is 1080. The van der Waals surface area contributed by atoms with E-state index in [1.54, 1.807) is 31.2 Å². The average Bonchev–Trinajstić information content (AvgIpc) is 3.27. The molecule has 7 heteroatoms. The number of carbonyl (C=O) groups excluding carboxylic acids is 3. The fraction of sp³-hybridized carbons (Fsp3) is 0.423. The topological polar surface area (TPSA) is 96.5 Å². The summed E-state index contributed by atoms with van der Waals surface area (Å²) in [6, 6.07) is 12.5. The first-order valence-corrected chi connectivity index (χ1v) is 11.5. The van der Waals surface area contributed by atoms with Crippen molar-refractivity contribution in [1.29, 1.82) is 0 Å². The van der Waals surface area contributed by atoms with E-state index in [1.807, 2.05) is 25.1 Å². The van der Waals surface area contributed by atoms with Gasteiger partial charge in [0.1, 0.15) is 5.54 Å². The number of anilines is 2. The lowest BCUT2D eigenvalue weighted by molar-refractivity contribution is -0.130. The van der Waals surface area contributed by atoms with Crippen molar-refractivity contribution in [3.8, 4) is 0 Å². The summed E-state index contributed by atoms with van der Waals surface area (Å²) in [7, 11) is 0. The highest BCUT2D eigenvalue weighted by molar-refractivity contribution is 6.10. The smallest absolute Gasteiger partial charge is 0.338 e. The van der Waals surface area contributed by atoms with Crippen LogP contribution in [0.2, 0.25) is 0 Å². The molecule has 2 aromatic carbocycles. The van der Waals surface area contributed by atoms with Gasteiger partial charge in [-0.1, -0.05) is 31.5 Å². The Kier molecular flexibility index (Phi) is 6.26. The van der Waals surface area contributed by atoms with Gasteiger partial charge in [0.15, 0.2) is 0 Å². The highest BCUT2D eigenvalue weighted by atomic mass is 16.5. The van der Waals surface area contributed by atoms with Crippen molar-refractivity contribution < 1.29 is 19.1 Å². The molecule has 3 N–H and O–H groups in total. The average molecular weight is 450 g/mol. The third kappa shape index (κ3) is 4.25. The molecular weight excluding hydrogens is 418 g/mol. The maximum atomic E-state index is 13.5. The summed E-state index contributed by atoms with van der Waals surface area (Å²) in [5.74, 6) is -0.956. The molecule has 2 amide bonds. The number of nitrogens with one attached hydrogen (secondary N) is 3. The molecule has 0 bridgehead atoms. The summed E-state index contributed by atoms with van der Waals surface area (Å²) in [6.45, 7) is 8.31. The molecule has 174 valence electrons. The summed E-state index contributed by atoms with van der Waals surface area (Å²) in [6.07, 6.45) is 1.43. The molecule has 0 aliphatic carbocycles. The first kappa shape index (κ1) is 23.0. The molecule has 1 saturated heterocycles. The summed E-state index contributed by atoms with van der Waals surface area (Å²) in [5, 5.41) is 9.49. The van der Waals surface area contributed by atoms with E-state index < -0.39 is 17.4 Å². The third-order valence-corrected chi connectivity index (χ3v) is 6.42. The number of hydrogen-bond donors (Lipinski definition) is 3. The van der Waals surface area contributed by atoms with Crippen LogP contribution < -0.4 is 16.0 Å². The Hall–Kier alpha value is -3.19. The number of esters is 1. The molecule has 0 aromatic heterocycles. The zero-order chi connectivity index (χ0) is 23.8. The van der Waals surface area contributed by atoms with Crippen LogP contribution in [0.25, 0.3) is 0 Å². The predicted molar refractivity (Wildman–Crippen MR) is 127 cm³/mol. The second-order valence-corrected chi connectivity index (χ2v) is 9.36. The molecule has 33 heavy (non-hydrogen) atoms. The molecule has 0 unspecified atom stereocenters. The maximum Gasteiger partial charge on any atom is 0.338 e. The number of rotatable bonds is 6. The Morgan fingerprint density at radius 2 is 1.91 bits per heavy atom. The fourth-order valence-electron chi connectivity index (χ4n) is 5.03. The van der Waals surface area contributed by atoms with Crippen LogP contribution in [-0.4, -0.2) is 30.4 Å². The van der Waals surface area contributed by atoms with Gasteiger partial charge in [0, 0.05) is 23.0 Å². The molecule has 4 rings (SSSR count). The lowest BCUT2D eigenvalue weighted by Gasteiger charge is -2.29. The zero-order valence-corrected chi connectivity index (χ0v) is 19.5. The van der Waals surface area contributed by atoms with Gasteiger partial charge < -0.3 is 15.4 Å². The van der Waals surface area contributed by atoms with Crippen LogP contribution in [0.15, 0.2) is 42.5 Å². The maximum absolute atomic E-state index is 13.5. The van der Waals surface area contributed by atoms with Crippen LogP contribution in [0, 0.1) is 18.8 Å². The number of fused-ring (bicyclic) bond motifs is 2. The second kappa shape index (κ2) is 8.98. The van der Waals surface area contributed by atoms with Gasteiger partial charge >= 0.3 is 5.97 Å². The lowest BCUT2D eigenvalue weighted by atomic mass is 9.79. The van der Waals surface area contributed by atoms with Crippen molar-refractivity contribution in [1.82, 2.24) is 5.32 Å². The quantitative estimate of drug-likeness (QED) is 0.580. The van der Waals surface area contributed by atoms with Crippen molar-refractivity contribution in [3.63, 3.8) is 0 Å². The number of aryl methyl sites for hydroxylation is 1. The lowest BCUT2D eigenvalue weighted by Crippen LogP contribution is -2.52. The molecule has 0 saturated carbocycles. The van der Waals surface area contributed by atoms with E-state index in [0.717, 1.165) is 23.2 Å². The third-order valence-electron chi connectivity index (χ3n) is 6.42. The highest BCUT2D eigenvalue weighted by Crippen LogP contribution is 2.48. The van der Waals surface area contributed by atoms with Crippen molar-refractivity contribution in [2.45, 2.75) is 52.1 Å². The van der Waals surface area contributed by atoms with Crippen LogP contribution in [-0.2, 0) is 19.9 Å². The molecule has 2 heterocycles. The van der Waals surface area contributed by atoms with Crippen molar-refractivity contribution >= 4 is 29.2 Å². The number of benzene rings is 2. The first-order chi connectivity index (χ1) is 15.7. The number of ether oxygens (including phenoxy) is 1. The Balaban J connectivity index is 1.63. The molecule has 7 nitrogen and oxygen atoms in total. The summed E-state index contributed by atoms with van der Waals surface area (Å²) >= 11 is 0. The number of amides is 2. The van der Waals surface area contributed by atoms with E-state index in [-0.39, 0.29) is 17.9 Å². The van der Waals surface area contributed by atoms with Gasteiger partial charge in [0.25, 0.3) is 0 Å². The molecule has 2 aliphatic heterocycles. The van der Waals surface area contributed by atoms with Crippen LogP contribution in [0.5, 0.6) is 0 Å². The summed E-state index contributed by atoms with van der Waals surface area (Å²) < 4.78 is 5.01. The summed E-state index contributed by atoms with van der Waals surface area (Å²) in [4.78, 5) is 38.8. The molecule has 2 aromatic rings. The molecular formula is C26H31N3O4.